The zero-order valence-corrected chi connectivity index (χ0v) is 18.1. The lowest BCUT2D eigenvalue weighted by Gasteiger charge is -2.36. The average Bonchev–Trinajstić information content (AvgIpc) is 2.83. The highest BCUT2D eigenvalue weighted by atomic mass is 16.1. The number of unbranched alkanes of at least 4 members (excludes halogenated alkanes) is 1. The lowest BCUT2D eigenvalue weighted by Crippen LogP contribution is -2.46. The van der Waals surface area contributed by atoms with Crippen molar-refractivity contribution in [3.05, 3.63) is 66.2 Å². The largest absolute Gasteiger partial charge is 0.376 e. The molecule has 0 unspecified atom stereocenters. The Kier molecular flexibility index (Phi) is 8.67. The van der Waals surface area contributed by atoms with Crippen molar-refractivity contribution in [3.8, 4) is 0 Å². The summed E-state index contributed by atoms with van der Waals surface area (Å²) in [5.74, 6) is -0.0719. The number of anilines is 2. The molecule has 2 N–H and O–H groups in total. The van der Waals surface area contributed by atoms with Gasteiger partial charge in [0.05, 0.1) is 6.54 Å². The van der Waals surface area contributed by atoms with Crippen molar-refractivity contribution >= 4 is 29.6 Å². The number of carbonyl (C=O) groups is 2. The second-order valence-electron chi connectivity index (χ2n) is 7.71. The molecule has 1 fully saturated rings. The van der Waals surface area contributed by atoms with Gasteiger partial charge in [-0.15, -0.1) is 0 Å². The molecule has 2 aromatic rings. The normalized spacial score (nSPS) is 14.1. The molecule has 0 aliphatic carbocycles. The maximum absolute atomic E-state index is 12.1. The van der Waals surface area contributed by atoms with E-state index in [0.717, 1.165) is 57.4 Å². The van der Waals surface area contributed by atoms with Crippen LogP contribution in [0.4, 0.5) is 11.4 Å². The standard InChI is InChI=1S/C25H32N4O2/c1-2-21-9-8-12-24(23(21)20-30)27-19-25(31)26-13-6-7-14-28-15-17-29(18-16-28)22-10-4-3-5-11-22/h2-5,8-12,20,27H,1,6-7,13-19H2,(H,26,31). The third kappa shape index (κ3) is 6.69. The van der Waals surface area contributed by atoms with Crippen LogP contribution in [0.2, 0.25) is 0 Å². The first-order valence-corrected chi connectivity index (χ1v) is 10.9. The lowest BCUT2D eigenvalue weighted by atomic mass is 10.1. The van der Waals surface area contributed by atoms with Gasteiger partial charge in [0.25, 0.3) is 0 Å². The molecular formula is C25H32N4O2. The number of para-hydroxylation sites is 1. The lowest BCUT2D eigenvalue weighted by molar-refractivity contribution is -0.119. The van der Waals surface area contributed by atoms with Crippen LogP contribution in [0.1, 0.15) is 28.8 Å². The van der Waals surface area contributed by atoms with Crippen molar-refractivity contribution < 1.29 is 9.59 Å². The van der Waals surface area contributed by atoms with E-state index in [9.17, 15) is 9.59 Å². The van der Waals surface area contributed by atoms with E-state index in [-0.39, 0.29) is 12.5 Å². The van der Waals surface area contributed by atoms with Gasteiger partial charge in [0.15, 0.2) is 6.29 Å². The van der Waals surface area contributed by atoms with Crippen LogP contribution in [-0.4, -0.2) is 62.9 Å². The van der Waals surface area contributed by atoms with Crippen LogP contribution in [-0.2, 0) is 4.79 Å². The highest BCUT2D eigenvalue weighted by molar-refractivity contribution is 5.91. The molecule has 31 heavy (non-hydrogen) atoms. The first-order chi connectivity index (χ1) is 15.2. The van der Waals surface area contributed by atoms with E-state index in [4.69, 9.17) is 0 Å². The molecule has 164 valence electrons. The molecule has 6 nitrogen and oxygen atoms in total. The second-order valence-corrected chi connectivity index (χ2v) is 7.71. The molecule has 1 heterocycles. The Balaban J connectivity index is 1.28. The molecule has 1 amide bonds. The van der Waals surface area contributed by atoms with Crippen LogP contribution in [0, 0.1) is 0 Å². The van der Waals surface area contributed by atoms with Gasteiger partial charge in [-0.05, 0) is 43.1 Å². The van der Waals surface area contributed by atoms with Gasteiger partial charge in [-0.3, -0.25) is 14.5 Å². The molecule has 6 heteroatoms. The first-order valence-electron chi connectivity index (χ1n) is 10.9. The summed E-state index contributed by atoms with van der Waals surface area (Å²) in [6.45, 7) is 9.85. The number of nitrogens with zero attached hydrogens (tertiary/aromatic N) is 2. The predicted molar refractivity (Wildman–Crippen MR) is 128 cm³/mol. The number of amides is 1. The van der Waals surface area contributed by atoms with Crippen LogP contribution in [0.15, 0.2) is 55.1 Å². The van der Waals surface area contributed by atoms with Gasteiger partial charge in [0.1, 0.15) is 0 Å². The van der Waals surface area contributed by atoms with E-state index in [1.54, 1.807) is 12.1 Å². The Morgan fingerprint density at radius 2 is 1.77 bits per heavy atom. The molecule has 0 radical (unpaired) electrons. The third-order valence-electron chi connectivity index (χ3n) is 5.63. The Morgan fingerprint density at radius 3 is 2.48 bits per heavy atom. The summed E-state index contributed by atoms with van der Waals surface area (Å²) >= 11 is 0. The summed E-state index contributed by atoms with van der Waals surface area (Å²) in [6, 6.07) is 16.0. The molecule has 0 aromatic heterocycles. The first kappa shape index (κ1) is 22.6. The Bertz CT molecular complexity index is 861. The highest BCUT2D eigenvalue weighted by Gasteiger charge is 2.16. The van der Waals surface area contributed by atoms with E-state index in [2.05, 4.69) is 57.3 Å². The molecule has 1 aliphatic heterocycles. The van der Waals surface area contributed by atoms with Crippen molar-refractivity contribution in [2.45, 2.75) is 12.8 Å². The molecular weight excluding hydrogens is 388 g/mol. The second kappa shape index (κ2) is 11.9. The van der Waals surface area contributed by atoms with E-state index < -0.39 is 0 Å². The molecule has 1 saturated heterocycles. The van der Waals surface area contributed by atoms with Crippen LogP contribution < -0.4 is 15.5 Å². The van der Waals surface area contributed by atoms with Gasteiger partial charge >= 0.3 is 0 Å². The van der Waals surface area contributed by atoms with Crippen molar-refractivity contribution in [2.75, 3.05) is 56.0 Å². The number of piperazine rings is 1. The van der Waals surface area contributed by atoms with Gasteiger partial charge in [-0.1, -0.05) is 43.0 Å². The van der Waals surface area contributed by atoms with Crippen molar-refractivity contribution in [1.29, 1.82) is 0 Å². The summed E-state index contributed by atoms with van der Waals surface area (Å²) in [4.78, 5) is 28.4. The van der Waals surface area contributed by atoms with Gasteiger partial charge in [0.2, 0.25) is 5.91 Å². The molecule has 0 atom stereocenters. The van der Waals surface area contributed by atoms with Gasteiger partial charge in [0, 0.05) is 49.7 Å². The Morgan fingerprint density at radius 1 is 1.00 bits per heavy atom. The molecule has 0 spiro atoms. The summed E-state index contributed by atoms with van der Waals surface area (Å²) in [6.07, 6.45) is 4.44. The van der Waals surface area contributed by atoms with E-state index >= 15 is 0 Å². The number of aldehydes is 1. The minimum Gasteiger partial charge on any atom is -0.376 e. The molecule has 1 aliphatic rings. The summed E-state index contributed by atoms with van der Waals surface area (Å²) in [7, 11) is 0. The van der Waals surface area contributed by atoms with Gasteiger partial charge < -0.3 is 15.5 Å². The summed E-state index contributed by atoms with van der Waals surface area (Å²) < 4.78 is 0. The topological polar surface area (TPSA) is 64.7 Å². The number of hydrogen-bond acceptors (Lipinski definition) is 5. The van der Waals surface area contributed by atoms with Crippen LogP contribution in [0.25, 0.3) is 6.08 Å². The van der Waals surface area contributed by atoms with Crippen molar-refractivity contribution in [1.82, 2.24) is 10.2 Å². The van der Waals surface area contributed by atoms with E-state index in [1.165, 1.54) is 5.69 Å². The SMILES string of the molecule is C=Cc1cccc(NCC(=O)NCCCCN2CCN(c3ccccc3)CC2)c1C=O. The number of carbonyl (C=O) groups excluding carboxylic acids is 2. The summed E-state index contributed by atoms with van der Waals surface area (Å²) in [5.41, 5.74) is 3.23. The highest BCUT2D eigenvalue weighted by Crippen LogP contribution is 2.19. The monoisotopic (exact) mass is 420 g/mol. The fraction of sp³-hybridized carbons (Fsp3) is 0.360. The smallest absolute Gasteiger partial charge is 0.239 e. The fourth-order valence-electron chi connectivity index (χ4n) is 3.84. The number of nitrogens with one attached hydrogen (secondary N) is 2. The number of hydrogen-bond donors (Lipinski definition) is 2. The zero-order chi connectivity index (χ0) is 21.9. The Labute approximate surface area is 184 Å². The van der Waals surface area contributed by atoms with Gasteiger partial charge in [-0.25, -0.2) is 0 Å². The van der Waals surface area contributed by atoms with Crippen molar-refractivity contribution in [2.24, 2.45) is 0 Å². The molecule has 0 saturated carbocycles. The Hall–Kier alpha value is -3.12. The van der Waals surface area contributed by atoms with Crippen LogP contribution >= 0.6 is 0 Å². The van der Waals surface area contributed by atoms with Crippen LogP contribution in [0.5, 0.6) is 0 Å². The van der Waals surface area contributed by atoms with E-state index in [0.29, 0.717) is 17.8 Å². The zero-order valence-electron chi connectivity index (χ0n) is 18.1. The quantitative estimate of drug-likeness (QED) is 0.432. The maximum Gasteiger partial charge on any atom is 0.239 e. The molecule has 2 aromatic carbocycles. The minimum absolute atomic E-state index is 0.0719. The molecule has 3 rings (SSSR count). The fourth-order valence-corrected chi connectivity index (χ4v) is 3.84. The average molecular weight is 421 g/mol. The number of benzene rings is 2. The van der Waals surface area contributed by atoms with Crippen LogP contribution in [0.3, 0.4) is 0 Å². The van der Waals surface area contributed by atoms with E-state index in [1.807, 2.05) is 12.1 Å². The van der Waals surface area contributed by atoms with Gasteiger partial charge in [-0.2, -0.15) is 0 Å². The number of rotatable bonds is 11. The van der Waals surface area contributed by atoms with Crippen molar-refractivity contribution in [3.63, 3.8) is 0 Å². The summed E-state index contributed by atoms with van der Waals surface area (Å²) in [5, 5.41) is 5.99. The third-order valence-corrected chi connectivity index (χ3v) is 5.63. The predicted octanol–water partition coefficient (Wildman–Crippen LogP) is 3.27. The molecule has 0 bridgehead atoms. The maximum atomic E-state index is 12.1. The minimum atomic E-state index is -0.0719.